The summed E-state index contributed by atoms with van der Waals surface area (Å²) in [6.07, 6.45) is 5.95. The van der Waals surface area contributed by atoms with Gasteiger partial charge in [-0.05, 0) is 54.3 Å². The molecule has 0 radical (unpaired) electrons. The average Bonchev–Trinajstić information content (AvgIpc) is 3.13. The normalized spacial score (nSPS) is 10.9. The fourth-order valence-corrected chi connectivity index (χ4v) is 4.27. The Labute approximate surface area is 184 Å². The van der Waals surface area contributed by atoms with Gasteiger partial charge in [-0.3, -0.25) is 4.98 Å². The van der Waals surface area contributed by atoms with Crippen LogP contribution in [-0.4, -0.2) is 41.2 Å². The molecule has 158 valence electrons. The Morgan fingerprint density at radius 2 is 1.77 bits per heavy atom. The molecule has 4 rings (SSSR count). The van der Waals surface area contributed by atoms with Crippen molar-refractivity contribution in [3.05, 3.63) is 76.7 Å². The average molecular weight is 435 g/mol. The van der Waals surface area contributed by atoms with E-state index >= 15 is 0 Å². The topological polar surface area (TPSA) is 86.2 Å². The number of thiophene rings is 1. The quantitative estimate of drug-likeness (QED) is 0.322. The Kier molecular flexibility index (Phi) is 6.49. The second kappa shape index (κ2) is 9.63. The Morgan fingerprint density at radius 3 is 2.52 bits per heavy atom. The Hall–Kier alpha value is -3.36. The summed E-state index contributed by atoms with van der Waals surface area (Å²) in [5, 5.41) is 4.18. The van der Waals surface area contributed by atoms with E-state index in [2.05, 4.69) is 32.4 Å². The molecule has 0 aliphatic heterocycles. The highest BCUT2D eigenvalue weighted by atomic mass is 32.1. The summed E-state index contributed by atoms with van der Waals surface area (Å²) in [5.74, 6) is 0.292. The number of nitrogens with one attached hydrogen (secondary N) is 1. The van der Waals surface area contributed by atoms with Gasteiger partial charge >= 0.3 is 5.97 Å². The Bertz CT molecular complexity index is 1180. The maximum Gasteiger partial charge on any atom is 0.348 e. The molecule has 0 saturated heterocycles. The van der Waals surface area contributed by atoms with Gasteiger partial charge in [-0.15, -0.1) is 11.3 Å². The maximum absolute atomic E-state index is 12.4. The highest BCUT2D eigenvalue weighted by molar-refractivity contribution is 7.20. The molecule has 8 heteroatoms. The van der Waals surface area contributed by atoms with Crippen LogP contribution in [0.3, 0.4) is 0 Å². The van der Waals surface area contributed by atoms with E-state index in [1.54, 1.807) is 19.5 Å². The van der Waals surface area contributed by atoms with Crippen LogP contribution in [0.5, 0.6) is 0 Å². The van der Waals surface area contributed by atoms with Crippen LogP contribution in [-0.2, 0) is 15.9 Å². The number of aromatic nitrogens is 3. The minimum absolute atomic E-state index is 0.214. The maximum atomic E-state index is 12.4. The standard InChI is InChI=1S/C23H22N4O3S/c1-15-19-21(25-14-26-22(19)31-20(15)23(28)30-12-11-29-2)27-18-5-3-16(4-6-18)13-17-7-9-24-10-8-17/h3-10,14H,11-13H2,1-2H3,(H,25,26,27). The zero-order chi connectivity index (χ0) is 21.6. The third kappa shape index (κ3) is 4.87. The van der Waals surface area contributed by atoms with E-state index in [1.165, 1.54) is 28.8 Å². The van der Waals surface area contributed by atoms with Crippen LogP contribution in [0.15, 0.2) is 55.1 Å². The Balaban J connectivity index is 1.53. The van der Waals surface area contributed by atoms with Gasteiger partial charge in [0.05, 0.1) is 12.0 Å². The molecule has 0 spiro atoms. The van der Waals surface area contributed by atoms with Crippen LogP contribution >= 0.6 is 11.3 Å². The van der Waals surface area contributed by atoms with Crippen LogP contribution < -0.4 is 5.32 Å². The number of anilines is 2. The van der Waals surface area contributed by atoms with Crippen molar-refractivity contribution in [3.63, 3.8) is 0 Å². The predicted octanol–water partition coefficient (Wildman–Crippen LogP) is 4.53. The summed E-state index contributed by atoms with van der Waals surface area (Å²) in [7, 11) is 1.57. The number of pyridine rings is 1. The number of hydrogen-bond donors (Lipinski definition) is 1. The minimum atomic E-state index is -0.371. The van der Waals surface area contributed by atoms with Crippen molar-refractivity contribution in [2.24, 2.45) is 0 Å². The monoisotopic (exact) mass is 434 g/mol. The summed E-state index contributed by atoms with van der Waals surface area (Å²) in [6.45, 7) is 2.46. The second-order valence-corrected chi connectivity index (χ2v) is 7.94. The first-order chi connectivity index (χ1) is 15.2. The van der Waals surface area contributed by atoms with Gasteiger partial charge in [0, 0.05) is 25.2 Å². The molecule has 3 heterocycles. The van der Waals surface area contributed by atoms with Gasteiger partial charge < -0.3 is 14.8 Å². The number of methoxy groups -OCH3 is 1. The van der Waals surface area contributed by atoms with E-state index in [0.717, 1.165) is 27.9 Å². The molecule has 0 atom stereocenters. The number of esters is 1. The smallest absolute Gasteiger partial charge is 0.348 e. The van der Waals surface area contributed by atoms with Gasteiger partial charge in [0.15, 0.2) is 0 Å². The summed E-state index contributed by atoms with van der Waals surface area (Å²) >= 11 is 1.31. The number of ether oxygens (including phenoxy) is 2. The first-order valence-corrected chi connectivity index (χ1v) is 10.6. The van der Waals surface area contributed by atoms with Gasteiger partial charge in [-0.2, -0.15) is 0 Å². The lowest BCUT2D eigenvalue weighted by atomic mass is 10.1. The van der Waals surface area contributed by atoms with Crippen LogP contribution in [0.25, 0.3) is 10.2 Å². The zero-order valence-corrected chi connectivity index (χ0v) is 18.1. The number of rotatable bonds is 8. The van der Waals surface area contributed by atoms with Crippen molar-refractivity contribution in [2.45, 2.75) is 13.3 Å². The molecule has 3 aromatic heterocycles. The van der Waals surface area contributed by atoms with Crippen molar-refractivity contribution in [2.75, 3.05) is 25.6 Å². The SMILES string of the molecule is COCCOC(=O)c1sc2ncnc(Nc3ccc(Cc4ccncc4)cc3)c2c1C. The van der Waals surface area contributed by atoms with Crippen molar-refractivity contribution in [3.8, 4) is 0 Å². The molecule has 0 fully saturated rings. The largest absolute Gasteiger partial charge is 0.459 e. The number of aryl methyl sites for hydroxylation is 1. The van der Waals surface area contributed by atoms with Gasteiger partial charge in [-0.1, -0.05) is 12.1 Å². The van der Waals surface area contributed by atoms with E-state index in [4.69, 9.17) is 9.47 Å². The molecule has 0 unspecified atom stereocenters. The lowest BCUT2D eigenvalue weighted by molar-refractivity contribution is 0.0393. The summed E-state index contributed by atoms with van der Waals surface area (Å²) in [5.41, 5.74) is 4.14. The van der Waals surface area contributed by atoms with E-state index in [-0.39, 0.29) is 12.6 Å². The molecule has 0 aliphatic rings. The van der Waals surface area contributed by atoms with Gasteiger partial charge in [-0.25, -0.2) is 14.8 Å². The third-order valence-electron chi connectivity index (χ3n) is 4.81. The second-order valence-electron chi connectivity index (χ2n) is 6.94. The fraction of sp³-hybridized carbons (Fsp3) is 0.217. The van der Waals surface area contributed by atoms with Crippen molar-refractivity contribution in [1.29, 1.82) is 0 Å². The molecule has 0 saturated carbocycles. The minimum Gasteiger partial charge on any atom is -0.459 e. The molecule has 0 aliphatic carbocycles. The zero-order valence-electron chi connectivity index (χ0n) is 17.3. The van der Waals surface area contributed by atoms with Gasteiger partial charge in [0.2, 0.25) is 0 Å². The number of fused-ring (bicyclic) bond motifs is 1. The van der Waals surface area contributed by atoms with E-state index < -0.39 is 0 Å². The predicted molar refractivity (Wildman–Crippen MR) is 121 cm³/mol. The van der Waals surface area contributed by atoms with Gasteiger partial charge in [0.1, 0.15) is 28.5 Å². The summed E-state index contributed by atoms with van der Waals surface area (Å²) < 4.78 is 10.2. The summed E-state index contributed by atoms with van der Waals surface area (Å²) in [4.78, 5) is 26.5. The number of carbonyl (C=O) groups excluding carboxylic acids is 1. The molecule has 7 nitrogen and oxygen atoms in total. The van der Waals surface area contributed by atoms with Gasteiger partial charge in [0.25, 0.3) is 0 Å². The van der Waals surface area contributed by atoms with Crippen LogP contribution in [0.4, 0.5) is 11.5 Å². The van der Waals surface area contributed by atoms with Crippen LogP contribution in [0, 0.1) is 6.92 Å². The molecule has 31 heavy (non-hydrogen) atoms. The lowest BCUT2D eigenvalue weighted by Crippen LogP contribution is -2.09. The molecule has 0 amide bonds. The van der Waals surface area contributed by atoms with Crippen LogP contribution in [0.1, 0.15) is 26.4 Å². The first-order valence-electron chi connectivity index (χ1n) is 9.80. The Morgan fingerprint density at radius 1 is 1.03 bits per heavy atom. The highest BCUT2D eigenvalue weighted by Gasteiger charge is 2.20. The number of nitrogens with zero attached hydrogens (tertiary/aromatic N) is 3. The lowest BCUT2D eigenvalue weighted by Gasteiger charge is -2.09. The third-order valence-corrected chi connectivity index (χ3v) is 5.99. The van der Waals surface area contributed by atoms with E-state index in [9.17, 15) is 4.79 Å². The summed E-state index contributed by atoms with van der Waals surface area (Å²) in [6, 6.07) is 12.2. The van der Waals surface area contributed by atoms with Crippen LogP contribution in [0.2, 0.25) is 0 Å². The number of benzene rings is 1. The number of carbonyl (C=O) groups is 1. The van der Waals surface area contributed by atoms with E-state index in [0.29, 0.717) is 17.3 Å². The number of hydrogen-bond acceptors (Lipinski definition) is 8. The molecular formula is C23H22N4O3S. The molecule has 1 aromatic carbocycles. The fourth-order valence-electron chi connectivity index (χ4n) is 3.22. The molecule has 0 bridgehead atoms. The molecular weight excluding hydrogens is 412 g/mol. The van der Waals surface area contributed by atoms with Crippen molar-refractivity contribution < 1.29 is 14.3 Å². The first kappa shape index (κ1) is 20.9. The molecule has 4 aromatic rings. The van der Waals surface area contributed by atoms with Crippen molar-refractivity contribution >= 4 is 39.0 Å². The molecule has 1 N–H and O–H groups in total. The van der Waals surface area contributed by atoms with E-state index in [1.807, 2.05) is 31.2 Å². The highest BCUT2D eigenvalue weighted by Crippen LogP contribution is 2.34. The van der Waals surface area contributed by atoms with Crippen molar-refractivity contribution in [1.82, 2.24) is 15.0 Å².